The van der Waals surface area contributed by atoms with Crippen LogP contribution in [0.25, 0.3) is 0 Å². The van der Waals surface area contributed by atoms with Crippen LogP contribution in [0.4, 0.5) is 0 Å². The molecule has 5 nitrogen and oxygen atoms in total. The zero-order valence-corrected chi connectivity index (χ0v) is 12.3. The quantitative estimate of drug-likeness (QED) is 0.843. The summed E-state index contributed by atoms with van der Waals surface area (Å²) in [6.45, 7) is 0. The minimum Gasteiger partial charge on any atom is -0.493 e. The van der Waals surface area contributed by atoms with Crippen molar-refractivity contribution in [3.63, 3.8) is 0 Å². The molecular weight excluding hydrogens is 293 g/mol. The molecule has 0 fully saturated rings. The van der Waals surface area contributed by atoms with Crippen molar-refractivity contribution in [1.82, 2.24) is 0 Å². The summed E-state index contributed by atoms with van der Waals surface area (Å²) in [7, 11) is 4.20. The van der Waals surface area contributed by atoms with Crippen LogP contribution in [0, 0.1) is 0 Å². The number of benzene rings is 1. The fourth-order valence-corrected chi connectivity index (χ4v) is 2.27. The predicted octanol–water partition coefficient (Wildman–Crippen LogP) is 2.05. The van der Waals surface area contributed by atoms with E-state index >= 15 is 0 Å². The largest absolute Gasteiger partial charge is 0.493 e. The highest BCUT2D eigenvalue weighted by atomic mass is 35.5. The van der Waals surface area contributed by atoms with Crippen molar-refractivity contribution < 1.29 is 19.0 Å². The van der Waals surface area contributed by atoms with Gasteiger partial charge in [0.2, 0.25) is 0 Å². The van der Waals surface area contributed by atoms with Crippen LogP contribution in [0.1, 0.15) is 5.56 Å². The lowest BCUT2D eigenvalue weighted by Gasteiger charge is -2.16. The van der Waals surface area contributed by atoms with Crippen molar-refractivity contribution in [3.05, 3.63) is 21.7 Å². The van der Waals surface area contributed by atoms with Gasteiger partial charge in [-0.2, -0.15) is 0 Å². The van der Waals surface area contributed by atoms with Gasteiger partial charge >= 0.3 is 5.97 Å². The number of hydrogen-bond donors (Lipinski definition) is 1. The molecule has 0 saturated carbocycles. The molecule has 1 aromatic carbocycles. The van der Waals surface area contributed by atoms with Crippen LogP contribution >= 0.6 is 23.2 Å². The second kappa shape index (κ2) is 6.84. The Morgan fingerprint density at radius 3 is 2.42 bits per heavy atom. The number of rotatable bonds is 5. The maximum absolute atomic E-state index is 11.3. The van der Waals surface area contributed by atoms with Crippen molar-refractivity contribution >= 4 is 29.2 Å². The summed E-state index contributed by atoms with van der Waals surface area (Å²) in [5.41, 5.74) is 6.21. The highest BCUT2D eigenvalue weighted by Gasteiger charge is 2.22. The number of esters is 1. The third kappa shape index (κ3) is 3.43. The van der Waals surface area contributed by atoms with Gasteiger partial charge in [0.05, 0.1) is 26.4 Å². The molecule has 1 atom stereocenters. The van der Waals surface area contributed by atoms with Gasteiger partial charge in [0.15, 0.2) is 11.5 Å². The van der Waals surface area contributed by atoms with Crippen LogP contribution in [0.3, 0.4) is 0 Å². The van der Waals surface area contributed by atoms with E-state index in [-0.39, 0.29) is 11.4 Å². The van der Waals surface area contributed by atoms with E-state index in [0.717, 1.165) is 0 Å². The second-order valence-corrected chi connectivity index (χ2v) is 4.51. The van der Waals surface area contributed by atoms with E-state index < -0.39 is 12.0 Å². The molecule has 0 bridgehead atoms. The zero-order valence-electron chi connectivity index (χ0n) is 10.8. The van der Waals surface area contributed by atoms with Gasteiger partial charge in [-0.1, -0.05) is 23.2 Å². The number of halogens is 2. The van der Waals surface area contributed by atoms with Gasteiger partial charge < -0.3 is 19.9 Å². The molecule has 19 heavy (non-hydrogen) atoms. The van der Waals surface area contributed by atoms with Gasteiger partial charge in [0.1, 0.15) is 6.04 Å². The second-order valence-electron chi connectivity index (χ2n) is 3.72. The predicted molar refractivity (Wildman–Crippen MR) is 73.3 cm³/mol. The highest BCUT2D eigenvalue weighted by Crippen LogP contribution is 2.41. The summed E-state index contributed by atoms with van der Waals surface area (Å²) in [6, 6.07) is 0.712. The average Bonchev–Trinajstić information content (AvgIpc) is 2.41. The smallest absolute Gasteiger partial charge is 0.322 e. The lowest BCUT2D eigenvalue weighted by molar-refractivity contribution is -0.142. The first-order valence-electron chi connectivity index (χ1n) is 5.38. The van der Waals surface area contributed by atoms with E-state index in [2.05, 4.69) is 4.74 Å². The van der Waals surface area contributed by atoms with Crippen LogP contribution < -0.4 is 15.2 Å². The first kappa shape index (κ1) is 15.9. The molecule has 0 spiro atoms. The molecule has 0 aliphatic carbocycles. The SMILES string of the molecule is COC(=O)[C@H](N)Cc1c(Cl)cc(OC)c(OC)c1Cl. The van der Waals surface area contributed by atoms with Gasteiger partial charge in [0.25, 0.3) is 0 Å². The highest BCUT2D eigenvalue weighted by molar-refractivity contribution is 6.37. The zero-order chi connectivity index (χ0) is 14.6. The summed E-state index contributed by atoms with van der Waals surface area (Å²) in [4.78, 5) is 11.3. The van der Waals surface area contributed by atoms with Crippen molar-refractivity contribution in [2.75, 3.05) is 21.3 Å². The molecule has 0 aromatic heterocycles. The van der Waals surface area contributed by atoms with E-state index in [4.69, 9.17) is 38.4 Å². The number of methoxy groups -OCH3 is 3. The topological polar surface area (TPSA) is 70.8 Å². The molecule has 7 heteroatoms. The lowest BCUT2D eigenvalue weighted by Crippen LogP contribution is -2.33. The lowest BCUT2D eigenvalue weighted by atomic mass is 10.1. The third-order valence-electron chi connectivity index (χ3n) is 2.59. The van der Waals surface area contributed by atoms with Crippen molar-refractivity contribution in [2.45, 2.75) is 12.5 Å². The molecule has 0 aliphatic heterocycles. The van der Waals surface area contributed by atoms with Crippen LogP contribution in [0.5, 0.6) is 11.5 Å². The Bertz CT molecular complexity index is 479. The van der Waals surface area contributed by atoms with E-state index in [1.807, 2.05) is 0 Å². The molecule has 106 valence electrons. The standard InChI is InChI=1S/C12H15Cl2NO4/c1-17-9-5-7(13)6(10(14)11(9)18-2)4-8(15)12(16)19-3/h5,8H,4,15H2,1-3H3/t8-/m1/s1. The molecule has 1 aromatic rings. The Morgan fingerprint density at radius 1 is 1.32 bits per heavy atom. The Labute approximate surface area is 121 Å². The molecule has 0 heterocycles. The molecule has 2 N–H and O–H groups in total. The van der Waals surface area contributed by atoms with Gasteiger partial charge in [-0.25, -0.2) is 0 Å². The van der Waals surface area contributed by atoms with Gasteiger partial charge in [-0.15, -0.1) is 0 Å². The van der Waals surface area contributed by atoms with Crippen LogP contribution in [0.2, 0.25) is 10.0 Å². The number of carbonyl (C=O) groups excluding carboxylic acids is 1. The number of ether oxygens (including phenoxy) is 3. The minimum absolute atomic E-state index is 0.144. The summed E-state index contributed by atoms with van der Waals surface area (Å²) >= 11 is 12.3. The van der Waals surface area contributed by atoms with Gasteiger partial charge in [-0.05, 0) is 5.56 Å². The van der Waals surface area contributed by atoms with E-state index in [1.165, 1.54) is 21.3 Å². The fraction of sp³-hybridized carbons (Fsp3) is 0.417. The Balaban J connectivity index is 3.18. The molecule has 0 aliphatic rings. The summed E-state index contributed by atoms with van der Waals surface area (Å²) in [5, 5.41) is 0.619. The molecule has 0 radical (unpaired) electrons. The molecule has 0 saturated heterocycles. The maximum atomic E-state index is 11.3. The monoisotopic (exact) mass is 307 g/mol. The average molecular weight is 308 g/mol. The van der Waals surface area contributed by atoms with E-state index in [0.29, 0.717) is 22.1 Å². The third-order valence-corrected chi connectivity index (χ3v) is 3.32. The minimum atomic E-state index is -0.849. The first-order valence-corrected chi connectivity index (χ1v) is 6.14. The normalized spacial score (nSPS) is 11.9. The van der Waals surface area contributed by atoms with Crippen molar-refractivity contribution in [3.8, 4) is 11.5 Å². The molecule has 1 rings (SSSR count). The van der Waals surface area contributed by atoms with Crippen molar-refractivity contribution in [1.29, 1.82) is 0 Å². The Morgan fingerprint density at radius 2 is 1.95 bits per heavy atom. The van der Waals surface area contributed by atoms with Gasteiger partial charge in [-0.3, -0.25) is 4.79 Å². The molecular formula is C12H15Cl2NO4. The van der Waals surface area contributed by atoms with Crippen LogP contribution in [0.15, 0.2) is 6.07 Å². The maximum Gasteiger partial charge on any atom is 0.322 e. The van der Waals surface area contributed by atoms with Gasteiger partial charge in [0, 0.05) is 17.5 Å². The summed E-state index contributed by atoms with van der Waals surface area (Å²) in [5.74, 6) is 0.218. The number of hydrogen-bond acceptors (Lipinski definition) is 5. The fourth-order valence-electron chi connectivity index (χ4n) is 1.60. The molecule has 0 amide bonds. The van der Waals surface area contributed by atoms with Crippen molar-refractivity contribution in [2.24, 2.45) is 5.73 Å². The van der Waals surface area contributed by atoms with E-state index in [1.54, 1.807) is 6.07 Å². The number of carbonyl (C=O) groups is 1. The molecule has 0 unspecified atom stereocenters. The Hall–Kier alpha value is -1.17. The van der Waals surface area contributed by atoms with E-state index in [9.17, 15) is 4.79 Å². The van der Waals surface area contributed by atoms with Crippen LogP contribution in [-0.4, -0.2) is 33.3 Å². The summed E-state index contributed by atoms with van der Waals surface area (Å²) < 4.78 is 14.8. The summed E-state index contributed by atoms with van der Waals surface area (Å²) in [6.07, 6.45) is 0.144. The Kier molecular flexibility index (Phi) is 5.72. The first-order chi connectivity index (χ1) is 8.96. The van der Waals surface area contributed by atoms with Crippen LogP contribution in [-0.2, 0) is 16.0 Å². The number of nitrogens with two attached hydrogens (primary N) is 1.